The van der Waals surface area contributed by atoms with Gasteiger partial charge in [-0.05, 0) is 18.4 Å². The summed E-state index contributed by atoms with van der Waals surface area (Å²) in [5.74, 6) is -0.732. The number of likely N-dealkylation sites (N-methyl/N-ethyl adjacent to an activating group) is 2. The highest BCUT2D eigenvalue weighted by Crippen LogP contribution is 2.11. The van der Waals surface area contributed by atoms with Crippen LogP contribution in [0.1, 0.15) is 23.0 Å². The third-order valence-corrected chi connectivity index (χ3v) is 3.69. The molecule has 0 spiro atoms. The molecule has 0 aliphatic heterocycles. The van der Waals surface area contributed by atoms with Crippen molar-refractivity contribution in [1.82, 2.24) is 9.80 Å². The van der Waals surface area contributed by atoms with Crippen LogP contribution in [0.2, 0.25) is 0 Å². The Morgan fingerprint density at radius 1 is 1.24 bits per heavy atom. The van der Waals surface area contributed by atoms with E-state index in [4.69, 9.17) is 4.74 Å². The Balaban J connectivity index is 2.41. The van der Waals surface area contributed by atoms with E-state index in [2.05, 4.69) is 0 Å². The molecule has 0 fully saturated rings. The van der Waals surface area contributed by atoms with Gasteiger partial charge in [-0.2, -0.15) is 0 Å². The van der Waals surface area contributed by atoms with E-state index in [0.29, 0.717) is 11.5 Å². The zero-order valence-corrected chi connectivity index (χ0v) is 13.3. The fourth-order valence-corrected chi connectivity index (χ4v) is 2.32. The van der Waals surface area contributed by atoms with Crippen LogP contribution < -0.4 is 0 Å². The molecule has 1 aromatic heterocycles. The lowest BCUT2D eigenvalue weighted by Gasteiger charge is -2.21. The largest absolute Gasteiger partial charge is 0.466 e. The first-order valence-electron chi connectivity index (χ1n) is 6.64. The van der Waals surface area contributed by atoms with E-state index in [1.807, 2.05) is 5.38 Å². The molecule has 0 radical (unpaired) electrons. The van der Waals surface area contributed by atoms with Gasteiger partial charge in [0.1, 0.15) is 0 Å². The maximum absolute atomic E-state index is 12.0. The number of thiophene rings is 1. The normalized spacial score (nSPS) is 10.0. The number of esters is 1. The molecule has 0 unspecified atom stereocenters. The van der Waals surface area contributed by atoms with E-state index in [1.165, 1.54) is 21.1 Å². The predicted octanol–water partition coefficient (Wildman–Crippen LogP) is 1.23. The van der Waals surface area contributed by atoms with Crippen LogP contribution in [-0.4, -0.2) is 61.4 Å². The smallest absolute Gasteiger partial charge is 0.307 e. The van der Waals surface area contributed by atoms with Crippen molar-refractivity contribution in [1.29, 1.82) is 0 Å². The van der Waals surface area contributed by atoms with Gasteiger partial charge in [-0.3, -0.25) is 14.4 Å². The Kier molecular flexibility index (Phi) is 6.87. The summed E-state index contributed by atoms with van der Waals surface area (Å²) in [6.45, 7) is 2.32. The number of ether oxygens (including phenoxy) is 1. The second-order valence-electron chi connectivity index (χ2n) is 4.51. The molecule has 1 rings (SSSR count). The molecular weight excluding hydrogens is 292 g/mol. The van der Waals surface area contributed by atoms with Crippen molar-refractivity contribution in [2.24, 2.45) is 0 Å². The second-order valence-corrected chi connectivity index (χ2v) is 5.46. The quantitative estimate of drug-likeness (QED) is 0.710. The number of nitrogens with zero attached hydrogens (tertiary/aromatic N) is 2. The van der Waals surface area contributed by atoms with E-state index in [-0.39, 0.29) is 37.3 Å². The molecule has 21 heavy (non-hydrogen) atoms. The zero-order chi connectivity index (χ0) is 15.8. The monoisotopic (exact) mass is 312 g/mol. The van der Waals surface area contributed by atoms with E-state index >= 15 is 0 Å². The van der Waals surface area contributed by atoms with Crippen molar-refractivity contribution in [3.8, 4) is 0 Å². The van der Waals surface area contributed by atoms with Gasteiger partial charge in [0.25, 0.3) is 5.91 Å². The molecule has 0 atom stereocenters. The summed E-state index contributed by atoms with van der Waals surface area (Å²) in [4.78, 5) is 38.6. The third kappa shape index (κ3) is 5.55. The average molecular weight is 312 g/mol. The molecule has 2 amide bonds. The highest BCUT2D eigenvalue weighted by atomic mass is 32.1. The summed E-state index contributed by atoms with van der Waals surface area (Å²) < 4.78 is 4.80. The topological polar surface area (TPSA) is 66.9 Å². The summed E-state index contributed by atoms with van der Waals surface area (Å²) in [6, 6.07) is 3.51. The fraction of sp³-hybridized carbons (Fsp3) is 0.500. The summed E-state index contributed by atoms with van der Waals surface area (Å²) in [6.07, 6.45) is 0.151. The van der Waals surface area contributed by atoms with E-state index < -0.39 is 0 Å². The molecule has 0 bridgehead atoms. The summed E-state index contributed by atoms with van der Waals surface area (Å²) in [5.41, 5.74) is 0. The van der Waals surface area contributed by atoms with Crippen LogP contribution >= 0.6 is 11.3 Å². The van der Waals surface area contributed by atoms with Crippen molar-refractivity contribution in [2.75, 3.05) is 33.8 Å². The molecule has 0 saturated carbocycles. The van der Waals surface area contributed by atoms with Crippen LogP contribution in [0.4, 0.5) is 0 Å². The van der Waals surface area contributed by atoms with E-state index in [0.717, 1.165) is 0 Å². The van der Waals surface area contributed by atoms with Gasteiger partial charge in [0.05, 0.1) is 24.4 Å². The number of carbonyl (C=O) groups is 3. The number of hydrogen-bond donors (Lipinski definition) is 0. The maximum Gasteiger partial charge on any atom is 0.307 e. The van der Waals surface area contributed by atoms with Gasteiger partial charge in [0.2, 0.25) is 5.91 Å². The van der Waals surface area contributed by atoms with Crippen molar-refractivity contribution in [2.45, 2.75) is 13.3 Å². The van der Waals surface area contributed by atoms with Crippen molar-refractivity contribution in [3.05, 3.63) is 22.4 Å². The van der Waals surface area contributed by atoms with Crippen LogP contribution in [0.25, 0.3) is 0 Å². The van der Waals surface area contributed by atoms with E-state index in [1.54, 1.807) is 33.2 Å². The van der Waals surface area contributed by atoms with Crippen LogP contribution in [0, 0.1) is 0 Å². The highest BCUT2D eigenvalue weighted by molar-refractivity contribution is 7.12. The van der Waals surface area contributed by atoms with Gasteiger partial charge in [-0.15, -0.1) is 11.3 Å². The lowest BCUT2D eigenvalue weighted by Crippen LogP contribution is -2.40. The van der Waals surface area contributed by atoms with Gasteiger partial charge in [-0.1, -0.05) is 6.07 Å². The zero-order valence-electron chi connectivity index (χ0n) is 12.5. The molecule has 0 N–H and O–H groups in total. The molecule has 7 heteroatoms. The average Bonchev–Trinajstić information content (AvgIpc) is 2.98. The van der Waals surface area contributed by atoms with Gasteiger partial charge in [0.15, 0.2) is 0 Å². The van der Waals surface area contributed by atoms with Crippen LogP contribution in [0.5, 0.6) is 0 Å². The molecule has 116 valence electrons. The molecule has 0 aliphatic rings. The SMILES string of the molecule is CCOC(=O)CCN(C)C(=O)CN(C)C(=O)c1cccs1. The van der Waals surface area contributed by atoms with Crippen molar-refractivity contribution < 1.29 is 19.1 Å². The first-order chi connectivity index (χ1) is 9.95. The second kappa shape index (κ2) is 8.41. The number of hydrogen-bond acceptors (Lipinski definition) is 5. The first-order valence-corrected chi connectivity index (χ1v) is 7.52. The van der Waals surface area contributed by atoms with Gasteiger partial charge < -0.3 is 14.5 Å². The molecule has 1 heterocycles. The van der Waals surface area contributed by atoms with Gasteiger partial charge >= 0.3 is 5.97 Å². The summed E-state index contributed by atoms with van der Waals surface area (Å²) >= 11 is 1.34. The molecule has 0 aromatic carbocycles. The maximum atomic E-state index is 12.0. The van der Waals surface area contributed by atoms with Gasteiger partial charge in [0, 0.05) is 20.6 Å². The molecule has 6 nitrogen and oxygen atoms in total. The van der Waals surface area contributed by atoms with Crippen LogP contribution in [-0.2, 0) is 14.3 Å². The lowest BCUT2D eigenvalue weighted by atomic mass is 10.3. The minimum atomic E-state index is -0.333. The van der Waals surface area contributed by atoms with Crippen LogP contribution in [0.3, 0.4) is 0 Å². The van der Waals surface area contributed by atoms with Crippen molar-refractivity contribution >= 4 is 29.1 Å². The highest BCUT2D eigenvalue weighted by Gasteiger charge is 2.18. The third-order valence-electron chi connectivity index (χ3n) is 2.83. The Morgan fingerprint density at radius 2 is 1.95 bits per heavy atom. The Labute approximate surface area is 128 Å². The fourth-order valence-electron chi connectivity index (χ4n) is 1.60. The Morgan fingerprint density at radius 3 is 2.52 bits per heavy atom. The Hall–Kier alpha value is -1.89. The lowest BCUT2D eigenvalue weighted by molar-refractivity contribution is -0.143. The standard InChI is InChI=1S/C14H20N2O4S/c1-4-20-13(18)7-8-15(2)12(17)10-16(3)14(19)11-6-5-9-21-11/h5-6,9H,4,7-8,10H2,1-3H3. The predicted molar refractivity (Wildman–Crippen MR) is 80.2 cm³/mol. The number of rotatable bonds is 7. The molecule has 0 aliphatic carbocycles. The molecule has 1 aromatic rings. The number of carbonyl (C=O) groups excluding carboxylic acids is 3. The molecule has 0 saturated heterocycles. The number of amides is 2. The van der Waals surface area contributed by atoms with Crippen LogP contribution in [0.15, 0.2) is 17.5 Å². The Bertz CT molecular complexity index is 487. The minimum absolute atomic E-state index is 0.0178. The molecular formula is C14H20N2O4S. The minimum Gasteiger partial charge on any atom is -0.466 e. The first kappa shape index (κ1) is 17.2. The summed E-state index contributed by atoms with van der Waals surface area (Å²) in [7, 11) is 3.18. The van der Waals surface area contributed by atoms with E-state index in [9.17, 15) is 14.4 Å². The van der Waals surface area contributed by atoms with Crippen molar-refractivity contribution in [3.63, 3.8) is 0 Å². The van der Waals surface area contributed by atoms with Gasteiger partial charge in [-0.25, -0.2) is 0 Å². The summed E-state index contributed by atoms with van der Waals surface area (Å²) in [5, 5.41) is 1.81.